The Morgan fingerprint density at radius 3 is 2.91 bits per heavy atom. The topological polar surface area (TPSA) is 121 Å². The van der Waals surface area contributed by atoms with E-state index in [0.29, 0.717) is 50.6 Å². The van der Waals surface area contributed by atoms with Gasteiger partial charge in [0.05, 0.1) is 0 Å². The number of nitrogens with zero attached hydrogens (tertiary/aromatic N) is 2. The number of rotatable bonds is 6. The predicted molar refractivity (Wildman–Crippen MR) is 126 cm³/mol. The molecular weight excluding hydrogens is 459 g/mol. The Morgan fingerprint density at radius 2 is 2.09 bits per heavy atom. The summed E-state index contributed by atoms with van der Waals surface area (Å²) in [7, 11) is 0. The molecule has 2 aliphatic rings. The third-order valence-electron chi connectivity index (χ3n) is 6.46. The number of hydrogen-bond donors (Lipinski definition) is 4. The number of H-pyrrole nitrogens is 1. The summed E-state index contributed by atoms with van der Waals surface area (Å²) in [5.41, 5.74) is 0.159. The van der Waals surface area contributed by atoms with Crippen molar-refractivity contribution in [2.75, 3.05) is 25.4 Å². The Kier molecular flexibility index (Phi) is 6.13. The molecule has 0 radical (unpaired) electrons. The lowest BCUT2D eigenvalue weighted by Gasteiger charge is -2.37. The molecule has 34 heavy (non-hydrogen) atoms. The van der Waals surface area contributed by atoms with Gasteiger partial charge in [-0.05, 0) is 56.1 Å². The summed E-state index contributed by atoms with van der Waals surface area (Å²) in [6, 6.07) is 4.55. The predicted octanol–water partition coefficient (Wildman–Crippen LogP) is 1.18. The van der Waals surface area contributed by atoms with Crippen molar-refractivity contribution in [3.63, 3.8) is 0 Å². The average molecular weight is 485 g/mol. The Bertz CT molecular complexity index is 1310. The van der Waals surface area contributed by atoms with Crippen LogP contribution < -0.4 is 21.5 Å². The summed E-state index contributed by atoms with van der Waals surface area (Å²) in [4.78, 5) is 46.5. The van der Waals surface area contributed by atoms with E-state index in [1.165, 1.54) is 34.7 Å². The fourth-order valence-corrected chi connectivity index (χ4v) is 5.47. The molecule has 4 heterocycles. The molecule has 2 aromatic heterocycles. The summed E-state index contributed by atoms with van der Waals surface area (Å²) in [6.07, 6.45) is 4.41. The van der Waals surface area contributed by atoms with Crippen molar-refractivity contribution in [3.8, 4) is 0 Å². The van der Waals surface area contributed by atoms with E-state index in [2.05, 4.69) is 25.9 Å². The smallest absolute Gasteiger partial charge is 0.267 e. The van der Waals surface area contributed by atoms with Crippen LogP contribution in [0.1, 0.15) is 28.8 Å². The highest BCUT2D eigenvalue weighted by atomic mass is 32.2. The standard InChI is InChI=1S/C23H25FN6O3S/c24-15-1-2-18-16(11-15)14(12-27-18)3-6-26-21(33)23(4-7-25-8-5-23)29-19(31)17-13-28-22-30(20(17)32)9-10-34-22/h1-2,11-13,25,27H,3-10H2,(H,26,33)(H,29,31). The van der Waals surface area contributed by atoms with Gasteiger partial charge in [0.15, 0.2) is 5.16 Å². The van der Waals surface area contributed by atoms with Crippen LogP contribution in [0.4, 0.5) is 4.39 Å². The number of carbonyl (C=O) groups excluding carboxylic acids is 2. The molecule has 2 amide bonds. The first-order valence-electron chi connectivity index (χ1n) is 11.3. The van der Waals surface area contributed by atoms with Gasteiger partial charge in [0.2, 0.25) is 5.91 Å². The fraction of sp³-hybridized carbons (Fsp3) is 0.391. The van der Waals surface area contributed by atoms with Crippen LogP contribution in [0.15, 0.2) is 40.5 Å². The maximum Gasteiger partial charge on any atom is 0.267 e. The van der Waals surface area contributed by atoms with Gasteiger partial charge in [0.1, 0.15) is 16.9 Å². The number of aromatic nitrogens is 3. The zero-order chi connectivity index (χ0) is 23.7. The summed E-state index contributed by atoms with van der Waals surface area (Å²) in [6.45, 7) is 1.97. The van der Waals surface area contributed by atoms with Gasteiger partial charge in [0.25, 0.3) is 11.5 Å². The van der Waals surface area contributed by atoms with E-state index < -0.39 is 11.4 Å². The van der Waals surface area contributed by atoms with Gasteiger partial charge in [-0.1, -0.05) is 11.8 Å². The van der Waals surface area contributed by atoms with E-state index in [-0.39, 0.29) is 22.8 Å². The van der Waals surface area contributed by atoms with Crippen LogP contribution in [0.5, 0.6) is 0 Å². The first-order valence-corrected chi connectivity index (χ1v) is 12.3. The lowest BCUT2D eigenvalue weighted by Crippen LogP contribution is -2.63. The lowest BCUT2D eigenvalue weighted by molar-refractivity contribution is -0.128. The lowest BCUT2D eigenvalue weighted by atomic mass is 9.86. The second-order valence-corrected chi connectivity index (χ2v) is 9.62. The molecule has 1 fully saturated rings. The van der Waals surface area contributed by atoms with Crippen molar-refractivity contribution >= 4 is 34.5 Å². The van der Waals surface area contributed by atoms with Crippen LogP contribution in [0.2, 0.25) is 0 Å². The molecule has 0 saturated carbocycles. The highest BCUT2D eigenvalue weighted by Crippen LogP contribution is 2.23. The van der Waals surface area contributed by atoms with Gasteiger partial charge in [0, 0.05) is 42.1 Å². The molecule has 0 bridgehead atoms. The zero-order valence-corrected chi connectivity index (χ0v) is 19.3. The van der Waals surface area contributed by atoms with Gasteiger partial charge in [-0.3, -0.25) is 19.0 Å². The minimum absolute atomic E-state index is 0.0576. The number of hydrogen-bond acceptors (Lipinski definition) is 6. The quantitative estimate of drug-likeness (QED) is 0.390. The Balaban J connectivity index is 1.29. The van der Waals surface area contributed by atoms with Crippen molar-refractivity contribution in [1.82, 2.24) is 30.5 Å². The zero-order valence-electron chi connectivity index (χ0n) is 18.4. The second-order valence-electron chi connectivity index (χ2n) is 8.56. The van der Waals surface area contributed by atoms with Gasteiger partial charge in [-0.2, -0.15) is 0 Å². The van der Waals surface area contributed by atoms with E-state index in [9.17, 15) is 18.8 Å². The monoisotopic (exact) mass is 484 g/mol. The summed E-state index contributed by atoms with van der Waals surface area (Å²) in [5.74, 6) is -0.453. The highest BCUT2D eigenvalue weighted by molar-refractivity contribution is 7.99. The van der Waals surface area contributed by atoms with E-state index in [0.717, 1.165) is 22.2 Å². The number of piperidine rings is 1. The molecule has 1 saturated heterocycles. The second kappa shape index (κ2) is 9.22. The molecule has 2 aliphatic heterocycles. The van der Waals surface area contributed by atoms with E-state index in [4.69, 9.17) is 0 Å². The number of nitrogens with one attached hydrogen (secondary N) is 4. The van der Waals surface area contributed by atoms with Crippen molar-refractivity contribution in [2.24, 2.45) is 0 Å². The average Bonchev–Trinajstić information content (AvgIpc) is 3.47. The molecule has 0 atom stereocenters. The third-order valence-corrected chi connectivity index (χ3v) is 7.43. The molecule has 0 spiro atoms. The van der Waals surface area contributed by atoms with Crippen LogP contribution >= 0.6 is 11.8 Å². The number of aromatic amines is 1. The third kappa shape index (κ3) is 4.21. The van der Waals surface area contributed by atoms with Crippen LogP contribution in [0, 0.1) is 5.82 Å². The molecule has 4 N–H and O–H groups in total. The number of halogens is 1. The van der Waals surface area contributed by atoms with Crippen LogP contribution in [0.3, 0.4) is 0 Å². The number of benzene rings is 1. The molecule has 178 valence electrons. The minimum atomic E-state index is -1.13. The fourth-order valence-electron chi connectivity index (χ4n) is 4.56. The summed E-state index contributed by atoms with van der Waals surface area (Å²) in [5, 5.41) is 10.4. The number of thioether (sulfide) groups is 1. The number of amides is 2. The molecule has 3 aromatic rings. The van der Waals surface area contributed by atoms with Gasteiger partial charge in [-0.25, -0.2) is 9.37 Å². The van der Waals surface area contributed by atoms with Gasteiger partial charge >= 0.3 is 0 Å². The van der Waals surface area contributed by atoms with Crippen LogP contribution in [-0.4, -0.2) is 57.3 Å². The molecule has 0 unspecified atom stereocenters. The number of fused-ring (bicyclic) bond motifs is 2. The normalized spacial score (nSPS) is 16.9. The van der Waals surface area contributed by atoms with Gasteiger partial charge in [-0.15, -0.1) is 0 Å². The largest absolute Gasteiger partial charge is 0.361 e. The molecular formula is C23H25FN6O3S. The first-order chi connectivity index (χ1) is 16.5. The SMILES string of the molecule is O=C(NC1(C(=O)NCCc2c[nH]c3ccc(F)cc23)CCNCC1)c1cnc2n(c1=O)CCS2. The van der Waals surface area contributed by atoms with Crippen molar-refractivity contribution < 1.29 is 14.0 Å². The van der Waals surface area contributed by atoms with Crippen LogP contribution in [0.25, 0.3) is 10.9 Å². The van der Waals surface area contributed by atoms with Gasteiger partial charge < -0.3 is 20.9 Å². The molecule has 11 heteroatoms. The van der Waals surface area contributed by atoms with Crippen LogP contribution in [-0.2, 0) is 17.8 Å². The summed E-state index contributed by atoms with van der Waals surface area (Å²) < 4.78 is 15.1. The Hall–Kier alpha value is -3.18. The molecule has 1 aromatic carbocycles. The molecule has 0 aliphatic carbocycles. The molecule has 5 rings (SSSR count). The maximum absolute atomic E-state index is 13.6. The Labute approximate surface area is 198 Å². The van der Waals surface area contributed by atoms with Crippen molar-refractivity contribution in [1.29, 1.82) is 0 Å². The minimum Gasteiger partial charge on any atom is -0.361 e. The summed E-state index contributed by atoms with van der Waals surface area (Å²) >= 11 is 1.48. The van der Waals surface area contributed by atoms with E-state index >= 15 is 0 Å². The van der Waals surface area contributed by atoms with E-state index in [1.54, 1.807) is 6.07 Å². The Morgan fingerprint density at radius 1 is 1.26 bits per heavy atom. The highest BCUT2D eigenvalue weighted by Gasteiger charge is 2.41. The van der Waals surface area contributed by atoms with Crippen molar-refractivity contribution in [2.45, 2.75) is 36.5 Å². The maximum atomic E-state index is 13.6. The van der Waals surface area contributed by atoms with Crippen molar-refractivity contribution in [3.05, 3.63) is 57.9 Å². The van der Waals surface area contributed by atoms with E-state index in [1.807, 2.05) is 6.20 Å². The first kappa shape index (κ1) is 22.6. The molecule has 9 nitrogen and oxygen atoms in total. The number of carbonyl (C=O) groups is 2.